The fourth-order valence-electron chi connectivity index (χ4n) is 2.44. The molecule has 0 aromatic heterocycles. The van der Waals surface area contributed by atoms with Crippen LogP contribution in [0, 0.1) is 0 Å². The second-order valence-electron chi connectivity index (χ2n) is 5.97. The predicted molar refractivity (Wildman–Crippen MR) is 106 cm³/mol. The van der Waals surface area contributed by atoms with Crippen LogP contribution in [0.5, 0.6) is 5.75 Å². The predicted octanol–water partition coefficient (Wildman–Crippen LogP) is 2.12. The number of nitrogens with one attached hydrogen (secondary N) is 2. The Balaban J connectivity index is 2.08. The van der Waals surface area contributed by atoms with Crippen molar-refractivity contribution in [2.75, 3.05) is 13.2 Å². The van der Waals surface area contributed by atoms with Crippen molar-refractivity contribution in [1.82, 2.24) is 10.8 Å². The normalized spacial score (nSPS) is 11.5. The van der Waals surface area contributed by atoms with Crippen molar-refractivity contribution in [2.24, 2.45) is 0 Å². The summed E-state index contributed by atoms with van der Waals surface area (Å²) in [7, 11) is 0. The third-order valence-electron chi connectivity index (χ3n) is 3.84. The van der Waals surface area contributed by atoms with Crippen molar-refractivity contribution >= 4 is 17.9 Å². The number of hydroxylamine groups is 1. The van der Waals surface area contributed by atoms with Gasteiger partial charge >= 0.3 is 6.09 Å². The molecule has 2 aromatic rings. The molecule has 4 N–H and O–H groups in total. The fourth-order valence-corrected chi connectivity index (χ4v) is 2.44. The molecular formula is C21H22N2O7. The Labute approximate surface area is 172 Å². The zero-order valence-corrected chi connectivity index (χ0v) is 16.0. The molecule has 30 heavy (non-hydrogen) atoms. The number of benzene rings is 2. The number of aliphatic hydroxyl groups excluding tert-OH is 1. The summed E-state index contributed by atoms with van der Waals surface area (Å²) < 4.78 is 10.7. The first-order valence-corrected chi connectivity index (χ1v) is 9.04. The van der Waals surface area contributed by atoms with E-state index < -0.39 is 24.0 Å². The van der Waals surface area contributed by atoms with E-state index in [-0.39, 0.29) is 19.6 Å². The van der Waals surface area contributed by atoms with E-state index >= 15 is 0 Å². The van der Waals surface area contributed by atoms with Crippen molar-refractivity contribution < 1.29 is 34.2 Å². The highest BCUT2D eigenvalue weighted by molar-refractivity contribution is 6.02. The number of carbonyl (C=O) groups excluding carboxylic acids is 3. The Bertz CT molecular complexity index is 867. The van der Waals surface area contributed by atoms with Gasteiger partial charge in [-0.15, -0.1) is 0 Å². The molecule has 0 aliphatic heterocycles. The summed E-state index contributed by atoms with van der Waals surface area (Å²) in [5.74, 6) is -0.821. The molecule has 2 aromatic carbocycles. The van der Waals surface area contributed by atoms with E-state index in [9.17, 15) is 14.4 Å². The molecule has 0 spiro atoms. The average molecular weight is 414 g/mol. The molecule has 2 rings (SSSR count). The summed E-state index contributed by atoms with van der Waals surface area (Å²) >= 11 is 0. The Morgan fingerprint density at radius 3 is 2.37 bits per heavy atom. The van der Waals surface area contributed by atoms with E-state index in [0.717, 1.165) is 6.08 Å². The summed E-state index contributed by atoms with van der Waals surface area (Å²) in [6, 6.07) is 14.8. The molecule has 9 heteroatoms. The van der Waals surface area contributed by atoms with Gasteiger partial charge < -0.3 is 14.6 Å². The lowest BCUT2D eigenvalue weighted by molar-refractivity contribution is -0.124. The number of amides is 3. The number of aliphatic hydroxyl groups is 1. The first kappa shape index (κ1) is 22.6. The second kappa shape index (κ2) is 12.0. The number of carbonyl (C=O) groups is 3. The van der Waals surface area contributed by atoms with Gasteiger partial charge in [0.1, 0.15) is 18.5 Å². The lowest BCUT2D eigenvalue weighted by Crippen LogP contribution is -2.32. The minimum atomic E-state index is -0.950. The van der Waals surface area contributed by atoms with Crippen LogP contribution in [-0.2, 0) is 9.53 Å². The van der Waals surface area contributed by atoms with Gasteiger partial charge in [0.15, 0.2) is 0 Å². The summed E-state index contributed by atoms with van der Waals surface area (Å²) in [5.41, 5.74) is 2.35. The van der Waals surface area contributed by atoms with Gasteiger partial charge in [-0.2, -0.15) is 0 Å². The monoisotopic (exact) mass is 414 g/mol. The molecule has 0 radical (unpaired) electrons. The van der Waals surface area contributed by atoms with Crippen molar-refractivity contribution in [1.29, 1.82) is 0 Å². The third kappa shape index (κ3) is 7.38. The topological polar surface area (TPSA) is 134 Å². The molecule has 0 saturated carbocycles. The van der Waals surface area contributed by atoms with E-state index in [0.29, 0.717) is 16.9 Å². The van der Waals surface area contributed by atoms with Crippen LogP contribution in [0.2, 0.25) is 0 Å². The Hall–Kier alpha value is -3.69. The smallest absolute Gasteiger partial charge is 0.414 e. The summed E-state index contributed by atoms with van der Waals surface area (Å²) in [6.45, 7) is 0.0170. The second-order valence-corrected chi connectivity index (χ2v) is 5.97. The highest BCUT2D eigenvalue weighted by Crippen LogP contribution is 2.24. The molecule has 0 aliphatic rings. The Morgan fingerprint density at radius 1 is 1.03 bits per heavy atom. The van der Waals surface area contributed by atoms with Gasteiger partial charge in [-0.05, 0) is 29.8 Å². The van der Waals surface area contributed by atoms with Crippen molar-refractivity contribution in [3.63, 3.8) is 0 Å². The van der Waals surface area contributed by atoms with Gasteiger partial charge in [-0.3, -0.25) is 20.1 Å². The van der Waals surface area contributed by atoms with Gasteiger partial charge in [0, 0.05) is 18.1 Å². The van der Waals surface area contributed by atoms with Gasteiger partial charge in [0.05, 0.1) is 6.61 Å². The third-order valence-corrected chi connectivity index (χ3v) is 3.84. The Morgan fingerprint density at radius 2 is 1.73 bits per heavy atom. The van der Waals surface area contributed by atoms with Crippen LogP contribution >= 0.6 is 0 Å². The maximum atomic E-state index is 12.2. The average Bonchev–Trinajstić information content (AvgIpc) is 2.77. The van der Waals surface area contributed by atoms with Crippen molar-refractivity contribution in [2.45, 2.75) is 12.5 Å². The molecule has 0 aliphatic carbocycles. The summed E-state index contributed by atoms with van der Waals surface area (Å²) in [6.07, 6.45) is 0.843. The number of hydrogen-bond acceptors (Lipinski definition) is 7. The van der Waals surface area contributed by atoms with Gasteiger partial charge in [0.25, 0.3) is 11.8 Å². The molecule has 0 unspecified atom stereocenters. The highest BCUT2D eigenvalue weighted by atomic mass is 16.6. The summed E-state index contributed by atoms with van der Waals surface area (Å²) in [4.78, 5) is 35.5. The number of ether oxygens (including phenoxy) is 2. The quantitative estimate of drug-likeness (QED) is 0.280. The molecule has 0 fully saturated rings. The maximum Gasteiger partial charge on any atom is 0.414 e. The molecular weight excluding hydrogens is 392 g/mol. The number of hydrogen-bond donors (Lipinski definition) is 4. The fraction of sp³-hybridized carbons (Fsp3) is 0.190. The largest absolute Gasteiger partial charge is 0.491 e. The molecule has 158 valence electrons. The lowest BCUT2D eigenvalue weighted by atomic mass is 10.1. The van der Waals surface area contributed by atoms with Gasteiger partial charge in [-0.25, -0.2) is 10.3 Å². The molecule has 3 amide bonds. The Kier molecular flexibility index (Phi) is 9.04. The van der Waals surface area contributed by atoms with Gasteiger partial charge in [-0.1, -0.05) is 36.4 Å². The molecule has 0 saturated heterocycles. The number of imide groups is 1. The lowest BCUT2D eigenvalue weighted by Gasteiger charge is -2.17. The number of alkyl carbamates (subject to hydrolysis) is 1. The zero-order chi connectivity index (χ0) is 21.8. The summed E-state index contributed by atoms with van der Waals surface area (Å²) in [5, 5.41) is 19.5. The SMILES string of the molecule is O=C(/C=C/C[C@H](OC(=O)NC(=O)c1ccccc1)c1ccc(OCCO)cc1)NO. The standard InChI is InChI=1S/C21H22N2O7/c24-13-14-29-17-11-9-15(10-12-17)18(7-4-8-19(25)23-28)30-21(27)22-20(26)16-5-2-1-3-6-16/h1-6,8-12,18,24,28H,7,13-14H2,(H,23,25)(H,22,26,27)/b8-4+/t18-/m0/s1. The van der Waals surface area contributed by atoms with E-state index in [1.807, 2.05) is 0 Å². The number of rotatable bonds is 9. The van der Waals surface area contributed by atoms with Crippen LogP contribution in [0.25, 0.3) is 0 Å². The minimum Gasteiger partial charge on any atom is -0.491 e. The van der Waals surface area contributed by atoms with Crippen LogP contribution in [0.4, 0.5) is 4.79 Å². The molecule has 9 nitrogen and oxygen atoms in total. The van der Waals surface area contributed by atoms with E-state index in [2.05, 4.69) is 5.32 Å². The molecule has 0 bridgehead atoms. The van der Waals surface area contributed by atoms with Crippen molar-refractivity contribution in [3.8, 4) is 5.75 Å². The van der Waals surface area contributed by atoms with Gasteiger partial charge in [0.2, 0.25) is 0 Å². The highest BCUT2D eigenvalue weighted by Gasteiger charge is 2.18. The molecule has 1 atom stereocenters. The van der Waals surface area contributed by atoms with Crippen molar-refractivity contribution in [3.05, 3.63) is 77.9 Å². The minimum absolute atomic E-state index is 0.108. The van der Waals surface area contributed by atoms with E-state index in [1.165, 1.54) is 11.6 Å². The van der Waals surface area contributed by atoms with Crippen LogP contribution in [0.1, 0.15) is 28.4 Å². The molecule has 0 heterocycles. The van der Waals surface area contributed by atoms with Crippen LogP contribution in [-0.4, -0.2) is 41.4 Å². The maximum absolute atomic E-state index is 12.2. The van der Waals surface area contributed by atoms with E-state index in [4.69, 9.17) is 19.8 Å². The van der Waals surface area contributed by atoms with Crippen LogP contribution < -0.4 is 15.5 Å². The first-order valence-electron chi connectivity index (χ1n) is 9.04. The van der Waals surface area contributed by atoms with E-state index in [1.54, 1.807) is 54.6 Å². The van der Waals surface area contributed by atoms with Crippen LogP contribution in [0.3, 0.4) is 0 Å². The first-order chi connectivity index (χ1) is 14.5. The van der Waals surface area contributed by atoms with Crippen LogP contribution in [0.15, 0.2) is 66.7 Å². The zero-order valence-electron chi connectivity index (χ0n) is 16.0.